The van der Waals surface area contributed by atoms with Crippen LogP contribution in [0.25, 0.3) is 0 Å². The molecule has 1 aromatic carbocycles. The monoisotopic (exact) mass is 260 g/mol. The average molecular weight is 260 g/mol. The molecule has 1 amide bonds. The van der Waals surface area contributed by atoms with Crippen LogP contribution in [0.1, 0.15) is 9.75 Å². The fourth-order valence-electron chi connectivity index (χ4n) is 1.61. The molecule has 94 valence electrons. The fraction of sp³-hybridized carbons (Fsp3) is 0.214. The molecule has 2 rings (SSSR count). The summed E-state index contributed by atoms with van der Waals surface area (Å²) in [6.45, 7) is 3.14. The van der Waals surface area contributed by atoms with Crippen LogP contribution < -0.4 is 10.6 Å². The minimum atomic E-state index is -0.0190. The van der Waals surface area contributed by atoms with E-state index < -0.39 is 0 Å². The number of hydrogen-bond acceptors (Lipinski definition) is 3. The van der Waals surface area contributed by atoms with Gasteiger partial charge in [0, 0.05) is 22.0 Å². The van der Waals surface area contributed by atoms with Crippen molar-refractivity contribution in [2.75, 3.05) is 11.9 Å². The number of benzene rings is 1. The van der Waals surface area contributed by atoms with Crippen LogP contribution in [0.4, 0.5) is 5.69 Å². The van der Waals surface area contributed by atoms with Gasteiger partial charge in [0.2, 0.25) is 5.91 Å². The molecule has 0 saturated carbocycles. The van der Waals surface area contributed by atoms with Gasteiger partial charge in [0.05, 0.1) is 6.54 Å². The van der Waals surface area contributed by atoms with E-state index in [1.54, 1.807) is 11.3 Å². The Kier molecular flexibility index (Phi) is 4.50. The minimum Gasteiger partial charge on any atom is -0.325 e. The van der Waals surface area contributed by atoms with Crippen molar-refractivity contribution in [3.8, 4) is 0 Å². The first-order valence-corrected chi connectivity index (χ1v) is 6.66. The number of hydrogen-bond donors (Lipinski definition) is 2. The average Bonchev–Trinajstić information content (AvgIpc) is 2.76. The van der Waals surface area contributed by atoms with E-state index in [0.29, 0.717) is 6.54 Å². The van der Waals surface area contributed by atoms with Crippen molar-refractivity contribution in [3.63, 3.8) is 0 Å². The Morgan fingerprint density at radius 3 is 2.61 bits per heavy atom. The fourth-order valence-corrected chi connectivity index (χ4v) is 2.47. The second-order valence-electron chi connectivity index (χ2n) is 4.03. The predicted octanol–water partition coefficient (Wildman–Crippen LogP) is 2.78. The zero-order valence-corrected chi connectivity index (χ0v) is 11.1. The number of rotatable bonds is 5. The third-order valence-electron chi connectivity index (χ3n) is 2.44. The predicted molar refractivity (Wildman–Crippen MR) is 75.8 cm³/mol. The van der Waals surface area contributed by atoms with E-state index in [-0.39, 0.29) is 5.91 Å². The summed E-state index contributed by atoms with van der Waals surface area (Å²) in [5.41, 5.74) is 0.830. The van der Waals surface area contributed by atoms with Gasteiger partial charge in [0.15, 0.2) is 0 Å². The number of nitrogens with one attached hydrogen (secondary N) is 2. The summed E-state index contributed by atoms with van der Waals surface area (Å²) in [4.78, 5) is 14.2. The van der Waals surface area contributed by atoms with Crippen LogP contribution in [-0.4, -0.2) is 12.5 Å². The van der Waals surface area contributed by atoms with Gasteiger partial charge in [-0.3, -0.25) is 4.79 Å². The van der Waals surface area contributed by atoms with E-state index in [2.05, 4.69) is 29.7 Å². The van der Waals surface area contributed by atoms with Gasteiger partial charge in [-0.25, -0.2) is 0 Å². The van der Waals surface area contributed by atoms with Crippen molar-refractivity contribution in [3.05, 3.63) is 52.2 Å². The summed E-state index contributed by atoms with van der Waals surface area (Å²) in [5, 5.41) is 5.97. The molecule has 0 fully saturated rings. The number of amides is 1. The van der Waals surface area contributed by atoms with Crippen molar-refractivity contribution in [2.45, 2.75) is 13.5 Å². The summed E-state index contributed by atoms with van der Waals surface area (Å²) in [7, 11) is 0. The van der Waals surface area contributed by atoms with E-state index in [4.69, 9.17) is 0 Å². The van der Waals surface area contributed by atoms with Crippen LogP contribution in [0.2, 0.25) is 0 Å². The lowest BCUT2D eigenvalue weighted by Gasteiger charge is -2.05. The molecule has 18 heavy (non-hydrogen) atoms. The van der Waals surface area contributed by atoms with Crippen molar-refractivity contribution < 1.29 is 4.79 Å². The van der Waals surface area contributed by atoms with Gasteiger partial charge in [0.1, 0.15) is 0 Å². The van der Waals surface area contributed by atoms with E-state index in [9.17, 15) is 4.79 Å². The Balaban J connectivity index is 1.72. The second-order valence-corrected chi connectivity index (χ2v) is 5.40. The van der Waals surface area contributed by atoms with Crippen molar-refractivity contribution >= 4 is 22.9 Å². The normalized spacial score (nSPS) is 10.3. The molecule has 0 aliphatic carbocycles. The van der Waals surface area contributed by atoms with Gasteiger partial charge in [-0.05, 0) is 31.2 Å². The van der Waals surface area contributed by atoms with Crippen LogP contribution in [0.5, 0.6) is 0 Å². The summed E-state index contributed by atoms with van der Waals surface area (Å²) >= 11 is 1.75. The maximum Gasteiger partial charge on any atom is 0.238 e. The lowest BCUT2D eigenvalue weighted by Crippen LogP contribution is -2.27. The molecule has 0 aliphatic rings. The molecule has 2 aromatic rings. The Morgan fingerprint density at radius 1 is 1.17 bits per heavy atom. The van der Waals surface area contributed by atoms with E-state index in [1.807, 2.05) is 30.3 Å². The molecule has 1 aromatic heterocycles. The highest BCUT2D eigenvalue weighted by molar-refractivity contribution is 7.11. The zero-order valence-electron chi connectivity index (χ0n) is 10.3. The van der Waals surface area contributed by atoms with Gasteiger partial charge in [-0.2, -0.15) is 0 Å². The van der Waals surface area contributed by atoms with Crippen molar-refractivity contribution in [2.24, 2.45) is 0 Å². The Hall–Kier alpha value is -1.65. The third kappa shape index (κ3) is 3.98. The first-order chi connectivity index (χ1) is 8.74. The third-order valence-corrected chi connectivity index (χ3v) is 3.44. The van der Waals surface area contributed by atoms with Crippen molar-refractivity contribution in [1.82, 2.24) is 5.32 Å². The molecule has 0 spiro atoms. The molecule has 0 bridgehead atoms. The molecular formula is C14H16N2OS. The molecule has 0 unspecified atom stereocenters. The van der Waals surface area contributed by atoms with Crippen LogP contribution in [0.15, 0.2) is 42.5 Å². The molecule has 0 saturated heterocycles. The van der Waals surface area contributed by atoms with Crippen LogP contribution in [0.3, 0.4) is 0 Å². The second kappa shape index (κ2) is 6.33. The molecular weight excluding hydrogens is 244 g/mol. The number of anilines is 1. The Bertz CT molecular complexity index is 508. The van der Waals surface area contributed by atoms with Gasteiger partial charge >= 0.3 is 0 Å². The van der Waals surface area contributed by atoms with Crippen LogP contribution in [-0.2, 0) is 11.3 Å². The Labute approximate surface area is 111 Å². The maximum atomic E-state index is 11.6. The molecule has 1 heterocycles. The first kappa shape index (κ1) is 12.8. The number of aryl methyl sites for hydroxylation is 1. The topological polar surface area (TPSA) is 41.1 Å². The lowest BCUT2D eigenvalue weighted by atomic mass is 10.3. The van der Waals surface area contributed by atoms with Crippen molar-refractivity contribution in [1.29, 1.82) is 0 Å². The number of carbonyl (C=O) groups is 1. The largest absolute Gasteiger partial charge is 0.325 e. The number of thiophene rings is 1. The SMILES string of the molecule is Cc1ccc(CNCC(=O)Nc2ccccc2)s1. The molecule has 0 radical (unpaired) electrons. The minimum absolute atomic E-state index is 0.0190. The highest BCUT2D eigenvalue weighted by Gasteiger charge is 2.02. The quantitative estimate of drug-likeness (QED) is 0.868. The lowest BCUT2D eigenvalue weighted by molar-refractivity contribution is -0.115. The molecule has 0 atom stereocenters. The summed E-state index contributed by atoms with van der Waals surface area (Å²) in [6, 6.07) is 13.6. The van der Waals surface area contributed by atoms with E-state index in [1.165, 1.54) is 9.75 Å². The molecule has 0 aliphatic heterocycles. The van der Waals surface area contributed by atoms with Gasteiger partial charge in [-0.1, -0.05) is 18.2 Å². The molecule has 3 nitrogen and oxygen atoms in total. The first-order valence-electron chi connectivity index (χ1n) is 5.85. The van der Waals surface area contributed by atoms with Crippen LogP contribution in [0, 0.1) is 6.92 Å². The van der Waals surface area contributed by atoms with Gasteiger partial charge in [0.25, 0.3) is 0 Å². The number of para-hydroxylation sites is 1. The van der Waals surface area contributed by atoms with Crippen LogP contribution >= 0.6 is 11.3 Å². The summed E-state index contributed by atoms with van der Waals surface area (Å²) in [6.07, 6.45) is 0. The smallest absolute Gasteiger partial charge is 0.238 e. The summed E-state index contributed by atoms with van der Waals surface area (Å²) in [5.74, 6) is -0.0190. The highest BCUT2D eigenvalue weighted by atomic mass is 32.1. The van der Waals surface area contributed by atoms with Gasteiger partial charge < -0.3 is 10.6 Å². The molecule has 4 heteroatoms. The number of carbonyl (C=O) groups excluding carboxylic acids is 1. The zero-order chi connectivity index (χ0) is 12.8. The van der Waals surface area contributed by atoms with E-state index in [0.717, 1.165) is 12.2 Å². The summed E-state index contributed by atoms with van der Waals surface area (Å²) < 4.78 is 0. The maximum absolute atomic E-state index is 11.6. The van der Waals surface area contributed by atoms with E-state index >= 15 is 0 Å². The highest BCUT2D eigenvalue weighted by Crippen LogP contribution is 2.14. The standard InChI is InChI=1S/C14H16N2OS/c1-11-7-8-13(18-11)9-15-10-14(17)16-12-5-3-2-4-6-12/h2-8,15H,9-10H2,1H3,(H,16,17). The Morgan fingerprint density at radius 2 is 1.94 bits per heavy atom. The molecule has 2 N–H and O–H groups in total. The van der Waals surface area contributed by atoms with Gasteiger partial charge in [-0.15, -0.1) is 11.3 Å².